The van der Waals surface area contributed by atoms with E-state index in [4.69, 9.17) is 9.15 Å². The Bertz CT molecular complexity index is 824. The minimum absolute atomic E-state index is 0.200. The molecule has 1 aliphatic heterocycles. The minimum atomic E-state index is -0.354. The number of likely N-dealkylation sites (tertiary alicyclic amines) is 1. The summed E-state index contributed by atoms with van der Waals surface area (Å²) >= 11 is 0. The normalized spacial score (nSPS) is 18.7. The van der Waals surface area contributed by atoms with E-state index in [-0.39, 0.29) is 17.6 Å². The first-order chi connectivity index (χ1) is 11.5. The number of esters is 1. The Morgan fingerprint density at radius 2 is 2.00 bits per heavy atom. The number of nitrogens with zero attached hydrogens (tertiary/aromatic N) is 1. The standard InChI is InChI=1S/C19H23NO4/c1-12-8-15-14(10-18(21)24-17(15)9-13(12)2)11-20-7-5-4-6-16(20)19(22)23-3/h8-10,16H,4-7,11H2,1-3H3/t16-/m0/s1. The second-order valence-corrected chi connectivity index (χ2v) is 6.53. The molecule has 5 heteroatoms. The minimum Gasteiger partial charge on any atom is -0.468 e. The molecule has 0 bridgehead atoms. The molecule has 1 aromatic heterocycles. The monoisotopic (exact) mass is 329 g/mol. The zero-order valence-electron chi connectivity index (χ0n) is 14.4. The predicted molar refractivity (Wildman–Crippen MR) is 92.0 cm³/mol. The summed E-state index contributed by atoms with van der Waals surface area (Å²) < 4.78 is 10.3. The first-order valence-electron chi connectivity index (χ1n) is 8.35. The van der Waals surface area contributed by atoms with Gasteiger partial charge in [0.25, 0.3) is 0 Å². The van der Waals surface area contributed by atoms with Crippen LogP contribution in [0.2, 0.25) is 0 Å². The van der Waals surface area contributed by atoms with Crippen LogP contribution in [-0.4, -0.2) is 30.6 Å². The van der Waals surface area contributed by atoms with E-state index in [1.165, 1.54) is 7.11 Å². The van der Waals surface area contributed by atoms with Crippen molar-refractivity contribution in [2.45, 2.75) is 45.7 Å². The number of hydrogen-bond donors (Lipinski definition) is 0. The summed E-state index contributed by atoms with van der Waals surface area (Å²) in [6, 6.07) is 5.27. The quantitative estimate of drug-likeness (QED) is 0.640. The van der Waals surface area contributed by atoms with Crippen molar-refractivity contribution in [3.63, 3.8) is 0 Å². The third kappa shape index (κ3) is 3.22. The van der Waals surface area contributed by atoms with Crippen LogP contribution >= 0.6 is 0 Å². The lowest BCUT2D eigenvalue weighted by Gasteiger charge is -2.33. The van der Waals surface area contributed by atoms with E-state index in [0.717, 1.165) is 47.9 Å². The van der Waals surface area contributed by atoms with Gasteiger partial charge in [0.05, 0.1) is 7.11 Å². The number of benzene rings is 1. The molecule has 0 amide bonds. The molecule has 24 heavy (non-hydrogen) atoms. The summed E-state index contributed by atoms with van der Waals surface area (Å²) in [6.07, 6.45) is 2.86. The lowest BCUT2D eigenvalue weighted by Crippen LogP contribution is -2.44. The number of methoxy groups -OCH3 is 1. The number of fused-ring (bicyclic) bond motifs is 1. The molecule has 3 rings (SSSR count). The molecule has 1 atom stereocenters. The summed E-state index contributed by atoms with van der Waals surface area (Å²) in [5.41, 5.74) is 3.40. The number of hydrogen-bond acceptors (Lipinski definition) is 5. The lowest BCUT2D eigenvalue weighted by atomic mass is 9.99. The van der Waals surface area contributed by atoms with Gasteiger partial charge in [0, 0.05) is 18.0 Å². The van der Waals surface area contributed by atoms with E-state index in [9.17, 15) is 9.59 Å². The molecule has 0 radical (unpaired) electrons. The molecule has 0 saturated carbocycles. The Labute approximate surface area is 141 Å². The van der Waals surface area contributed by atoms with Crippen LogP contribution in [0.15, 0.2) is 27.4 Å². The topological polar surface area (TPSA) is 59.8 Å². The zero-order chi connectivity index (χ0) is 17.3. The summed E-state index contributed by atoms with van der Waals surface area (Å²) in [5.74, 6) is -0.200. The second kappa shape index (κ2) is 6.77. The number of carbonyl (C=O) groups is 1. The van der Waals surface area contributed by atoms with Crippen LogP contribution in [0.1, 0.15) is 36.0 Å². The van der Waals surface area contributed by atoms with Crippen LogP contribution in [-0.2, 0) is 16.1 Å². The number of carbonyl (C=O) groups excluding carboxylic acids is 1. The van der Waals surface area contributed by atoms with Crippen molar-refractivity contribution < 1.29 is 13.9 Å². The van der Waals surface area contributed by atoms with Gasteiger partial charge in [-0.25, -0.2) is 4.79 Å². The van der Waals surface area contributed by atoms with Crippen LogP contribution in [0.5, 0.6) is 0 Å². The first-order valence-corrected chi connectivity index (χ1v) is 8.35. The average molecular weight is 329 g/mol. The van der Waals surface area contributed by atoms with Crippen LogP contribution in [0, 0.1) is 13.8 Å². The van der Waals surface area contributed by atoms with Crippen LogP contribution < -0.4 is 5.63 Å². The smallest absolute Gasteiger partial charge is 0.336 e. The zero-order valence-corrected chi connectivity index (χ0v) is 14.4. The summed E-state index contributed by atoms with van der Waals surface area (Å²) in [7, 11) is 1.42. The third-order valence-corrected chi connectivity index (χ3v) is 4.90. The highest BCUT2D eigenvalue weighted by Crippen LogP contribution is 2.26. The molecule has 1 aliphatic rings. The highest BCUT2D eigenvalue weighted by Gasteiger charge is 2.29. The maximum absolute atomic E-state index is 12.1. The first kappa shape index (κ1) is 16.7. The van der Waals surface area contributed by atoms with E-state index in [1.807, 2.05) is 19.9 Å². The average Bonchev–Trinajstić information content (AvgIpc) is 2.56. The van der Waals surface area contributed by atoms with Crippen LogP contribution in [0.3, 0.4) is 0 Å². The maximum atomic E-state index is 12.1. The number of aryl methyl sites for hydroxylation is 2. The molecule has 1 aromatic carbocycles. The maximum Gasteiger partial charge on any atom is 0.336 e. The molecule has 0 N–H and O–H groups in total. The number of ether oxygens (including phenoxy) is 1. The van der Waals surface area contributed by atoms with Crippen molar-refractivity contribution in [2.75, 3.05) is 13.7 Å². The Balaban J connectivity index is 2.00. The molecule has 0 unspecified atom stereocenters. The molecule has 128 valence electrons. The van der Waals surface area contributed by atoms with Gasteiger partial charge in [-0.2, -0.15) is 0 Å². The molecule has 2 heterocycles. The van der Waals surface area contributed by atoms with E-state index in [2.05, 4.69) is 11.0 Å². The van der Waals surface area contributed by atoms with Crippen LogP contribution in [0.4, 0.5) is 0 Å². The summed E-state index contributed by atoms with van der Waals surface area (Å²) in [6.45, 7) is 5.41. The molecule has 0 aliphatic carbocycles. The van der Waals surface area contributed by atoms with Crippen LogP contribution in [0.25, 0.3) is 11.0 Å². The molecule has 2 aromatic rings. The highest BCUT2D eigenvalue weighted by molar-refractivity contribution is 5.82. The van der Waals surface area contributed by atoms with Gasteiger partial charge >= 0.3 is 11.6 Å². The lowest BCUT2D eigenvalue weighted by molar-refractivity contribution is -0.148. The van der Waals surface area contributed by atoms with E-state index in [1.54, 1.807) is 6.07 Å². The van der Waals surface area contributed by atoms with Gasteiger partial charge in [0.15, 0.2) is 0 Å². The molecule has 1 fully saturated rings. The van der Waals surface area contributed by atoms with Gasteiger partial charge in [-0.05, 0) is 62.1 Å². The predicted octanol–water partition coefficient (Wildman–Crippen LogP) is 2.94. The fourth-order valence-electron chi connectivity index (χ4n) is 3.42. The van der Waals surface area contributed by atoms with Crippen molar-refractivity contribution in [3.8, 4) is 0 Å². The molecule has 5 nitrogen and oxygen atoms in total. The molecule has 0 spiro atoms. The Hall–Kier alpha value is -2.14. The molecule has 1 saturated heterocycles. The Morgan fingerprint density at radius 1 is 1.25 bits per heavy atom. The van der Waals surface area contributed by atoms with Gasteiger partial charge in [0.1, 0.15) is 11.6 Å². The molecular weight excluding hydrogens is 306 g/mol. The van der Waals surface area contributed by atoms with E-state index in [0.29, 0.717) is 12.1 Å². The van der Waals surface area contributed by atoms with Crippen molar-refractivity contribution in [2.24, 2.45) is 0 Å². The Morgan fingerprint density at radius 3 is 2.75 bits per heavy atom. The summed E-state index contributed by atoms with van der Waals surface area (Å²) in [5, 5.41) is 0.937. The highest BCUT2D eigenvalue weighted by atomic mass is 16.5. The van der Waals surface area contributed by atoms with Crippen molar-refractivity contribution in [1.82, 2.24) is 4.90 Å². The van der Waals surface area contributed by atoms with Crippen molar-refractivity contribution in [3.05, 3.63) is 45.3 Å². The van der Waals surface area contributed by atoms with Gasteiger partial charge in [-0.3, -0.25) is 9.69 Å². The third-order valence-electron chi connectivity index (χ3n) is 4.90. The van der Waals surface area contributed by atoms with E-state index >= 15 is 0 Å². The SMILES string of the molecule is COC(=O)[C@@H]1CCCCN1Cc1cc(=O)oc2cc(C)c(C)cc12. The van der Waals surface area contributed by atoms with Crippen molar-refractivity contribution in [1.29, 1.82) is 0 Å². The number of piperidine rings is 1. The van der Waals surface area contributed by atoms with Gasteiger partial charge in [-0.1, -0.05) is 6.42 Å². The van der Waals surface area contributed by atoms with Gasteiger partial charge in [0.2, 0.25) is 0 Å². The fraction of sp³-hybridized carbons (Fsp3) is 0.474. The van der Waals surface area contributed by atoms with Crippen molar-refractivity contribution >= 4 is 16.9 Å². The molecular formula is C19H23NO4. The second-order valence-electron chi connectivity index (χ2n) is 6.53. The number of rotatable bonds is 3. The Kier molecular flexibility index (Phi) is 4.71. The summed E-state index contributed by atoms with van der Waals surface area (Å²) in [4.78, 5) is 26.1. The van der Waals surface area contributed by atoms with Gasteiger partial charge < -0.3 is 9.15 Å². The fourth-order valence-corrected chi connectivity index (χ4v) is 3.42. The van der Waals surface area contributed by atoms with E-state index < -0.39 is 0 Å². The largest absolute Gasteiger partial charge is 0.468 e. The van der Waals surface area contributed by atoms with Gasteiger partial charge in [-0.15, -0.1) is 0 Å².